The summed E-state index contributed by atoms with van der Waals surface area (Å²) in [6, 6.07) is 18.2. The van der Waals surface area contributed by atoms with Crippen molar-refractivity contribution in [3.05, 3.63) is 78.0 Å². The zero-order chi connectivity index (χ0) is 21.1. The number of fused-ring (bicyclic) bond motifs is 1. The Hall–Kier alpha value is -3.55. The van der Waals surface area contributed by atoms with Crippen LogP contribution in [0.2, 0.25) is 0 Å². The predicted molar refractivity (Wildman–Crippen MR) is 103 cm³/mol. The van der Waals surface area contributed by atoms with E-state index in [1.54, 1.807) is 17.0 Å². The standard InChI is InChI=1S/C22H17F3N2O3/c23-22(24,25)30-17-8-6-16(7-9-17)18-10-11-19-20(26-18)21(28)27(12-13-29-19)14-15-4-2-1-3-5-15/h1-11H,12-14H2. The highest BCUT2D eigenvalue weighted by Gasteiger charge is 2.31. The van der Waals surface area contributed by atoms with Gasteiger partial charge in [0.1, 0.15) is 12.4 Å². The number of pyridine rings is 1. The average Bonchev–Trinajstić information content (AvgIpc) is 2.87. The van der Waals surface area contributed by atoms with Gasteiger partial charge in [-0.3, -0.25) is 4.79 Å². The molecule has 3 aromatic rings. The number of benzene rings is 2. The summed E-state index contributed by atoms with van der Waals surface area (Å²) >= 11 is 0. The van der Waals surface area contributed by atoms with Gasteiger partial charge >= 0.3 is 6.36 Å². The third kappa shape index (κ3) is 4.53. The van der Waals surface area contributed by atoms with E-state index in [2.05, 4.69) is 9.72 Å². The minimum absolute atomic E-state index is 0.177. The van der Waals surface area contributed by atoms with Gasteiger partial charge in [-0.25, -0.2) is 4.98 Å². The molecule has 0 fully saturated rings. The first-order valence-corrected chi connectivity index (χ1v) is 9.22. The van der Waals surface area contributed by atoms with E-state index in [0.29, 0.717) is 36.7 Å². The Morgan fingerprint density at radius 2 is 1.73 bits per heavy atom. The van der Waals surface area contributed by atoms with Crippen LogP contribution in [-0.2, 0) is 6.54 Å². The second-order valence-corrected chi connectivity index (χ2v) is 6.68. The first kappa shape index (κ1) is 19.8. The van der Waals surface area contributed by atoms with Crippen molar-refractivity contribution < 1.29 is 27.4 Å². The Balaban J connectivity index is 1.59. The topological polar surface area (TPSA) is 51.7 Å². The van der Waals surface area contributed by atoms with Crippen LogP contribution in [0.15, 0.2) is 66.7 Å². The number of amides is 1. The Morgan fingerprint density at radius 3 is 2.43 bits per heavy atom. The maximum Gasteiger partial charge on any atom is 0.573 e. The Bertz CT molecular complexity index is 1040. The van der Waals surface area contributed by atoms with E-state index in [0.717, 1.165) is 5.56 Å². The van der Waals surface area contributed by atoms with Crippen molar-refractivity contribution in [2.24, 2.45) is 0 Å². The van der Waals surface area contributed by atoms with Crippen LogP contribution in [0.5, 0.6) is 11.5 Å². The van der Waals surface area contributed by atoms with Gasteiger partial charge in [-0.2, -0.15) is 0 Å². The lowest BCUT2D eigenvalue weighted by atomic mass is 10.1. The van der Waals surface area contributed by atoms with Crippen molar-refractivity contribution in [2.45, 2.75) is 12.9 Å². The number of nitrogens with zero attached hydrogens (tertiary/aromatic N) is 2. The van der Waals surface area contributed by atoms with Crippen LogP contribution in [0.1, 0.15) is 16.1 Å². The Morgan fingerprint density at radius 1 is 1.00 bits per heavy atom. The molecule has 0 radical (unpaired) electrons. The fourth-order valence-electron chi connectivity index (χ4n) is 3.18. The maximum atomic E-state index is 13.1. The lowest BCUT2D eigenvalue weighted by Crippen LogP contribution is -2.32. The highest BCUT2D eigenvalue weighted by Crippen LogP contribution is 2.29. The predicted octanol–water partition coefficient (Wildman–Crippen LogP) is 4.68. The Kier molecular flexibility index (Phi) is 5.31. The molecule has 0 N–H and O–H groups in total. The number of halogens is 3. The van der Waals surface area contributed by atoms with Gasteiger partial charge in [-0.05, 0) is 42.0 Å². The number of ether oxygens (including phenoxy) is 2. The van der Waals surface area contributed by atoms with E-state index in [1.165, 1.54) is 24.3 Å². The third-order valence-corrected chi connectivity index (χ3v) is 4.57. The normalized spacial score (nSPS) is 14.0. The van der Waals surface area contributed by atoms with Crippen LogP contribution in [0.3, 0.4) is 0 Å². The average molecular weight is 414 g/mol. The van der Waals surface area contributed by atoms with Gasteiger partial charge in [0, 0.05) is 12.1 Å². The van der Waals surface area contributed by atoms with Gasteiger partial charge in [0.05, 0.1) is 12.2 Å². The number of alkyl halides is 3. The van der Waals surface area contributed by atoms with E-state index in [4.69, 9.17) is 4.74 Å². The van der Waals surface area contributed by atoms with Crippen molar-refractivity contribution in [1.29, 1.82) is 0 Å². The molecule has 0 bridgehead atoms. The second-order valence-electron chi connectivity index (χ2n) is 6.68. The summed E-state index contributed by atoms with van der Waals surface area (Å²) in [5.74, 6) is -0.198. The first-order valence-electron chi connectivity index (χ1n) is 9.22. The third-order valence-electron chi connectivity index (χ3n) is 4.57. The highest BCUT2D eigenvalue weighted by molar-refractivity contribution is 5.96. The molecule has 4 rings (SSSR count). The molecule has 1 amide bonds. The molecule has 154 valence electrons. The zero-order valence-electron chi connectivity index (χ0n) is 15.7. The summed E-state index contributed by atoms with van der Waals surface area (Å²) in [5, 5.41) is 0. The number of hydrogen-bond acceptors (Lipinski definition) is 4. The fourth-order valence-corrected chi connectivity index (χ4v) is 3.18. The Labute approximate surface area is 170 Å². The van der Waals surface area contributed by atoms with Gasteiger partial charge < -0.3 is 14.4 Å². The minimum Gasteiger partial charge on any atom is -0.489 e. The molecule has 2 aromatic carbocycles. The molecule has 8 heteroatoms. The number of carbonyl (C=O) groups is 1. The summed E-state index contributed by atoms with van der Waals surface area (Å²) < 4.78 is 46.6. The van der Waals surface area contributed by atoms with Gasteiger partial charge in [-0.15, -0.1) is 13.2 Å². The van der Waals surface area contributed by atoms with Gasteiger partial charge in [0.2, 0.25) is 0 Å². The second kappa shape index (κ2) is 8.06. The monoisotopic (exact) mass is 414 g/mol. The molecule has 1 aliphatic rings. The van der Waals surface area contributed by atoms with E-state index >= 15 is 0 Å². The maximum absolute atomic E-state index is 13.1. The van der Waals surface area contributed by atoms with Gasteiger partial charge in [-0.1, -0.05) is 30.3 Å². The smallest absolute Gasteiger partial charge is 0.489 e. The summed E-state index contributed by atoms with van der Waals surface area (Å²) in [6.07, 6.45) is -4.75. The zero-order valence-corrected chi connectivity index (χ0v) is 15.7. The summed E-state index contributed by atoms with van der Waals surface area (Å²) in [4.78, 5) is 19.2. The number of aromatic nitrogens is 1. The molecule has 30 heavy (non-hydrogen) atoms. The van der Waals surface area contributed by atoms with Crippen molar-refractivity contribution in [2.75, 3.05) is 13.2 Å². The number of rotatable bonds is 4. The molecule has 2 heterocycles. The number of carbonyl (C=O) groups excluding carboxylic acids is 1. The minimum atomic E-state index is -4.75. The van der Waals surface area contributed by atoms with E-state index < -0.39 is 6.36 Å². The van der Waals surface area contributed by atoms with E-state index in [1.807, 2.05) is 30.3 Å². The van der Waals surface area contributed by atoms with Crippen molar-refractivity contribution in [3.8, 4) is 22.8 Å². The lowest BCUT2D eigenvalue weighted by Gasteiger charge is -2.19. The number of hydrogen-bond donors (Lipinski definition) is 0. The molecule has 0 unspecified atom stereocenters. The molecular formula is C22H17F3N2O3. The molecule has 0 saturated heterocycles. The van der Waals surface area contributed by atoms with Crippen LogP contribution >= 0.6 is 0 Å². The summed E-state index contributed by atoms with van der Waals surface area (Å²) in [6.45, 7) is 1.19. The lowest BCUT2D eigenvalue weighted by molar-refractivity contribution is -0.274. The van der Waals surface area contributed by atoms with Crippen LogP contribution in [-0.4, -0.2) is 35.3 Å². The van der Waals surface area contributed by atoms with Gasteiger partial charge in [0.15, 0.2) is 11.4 Å². The molecule has 0 atom stereocenters. The molecular weight excluding hydrogens is 397 g/mol. The molecule has 0 aliphatic carbocycles. The SMILES string of the molecule is O=C1c2nc(-c3ccc(OC(F)(F)F)cc3)ccc2OCCN1Cc1ccccc1. The summed E-state index contributed by atoms with van der Waals surface area (Å²) in [7, 11) is 0. The van der Waals surface area contributed by atoms with Crippen LogP contribution < -0.4 is 9.47 Å². The van der Waals surface area contributed by atoms with E-state index in [9.17, 15) is 18.0 Å². The van der Waals surface area contributed by atoms with Crippen LogP contribution in [0.25, 0.3) is 11.3 Å². The van der Waals surface area contributed by atoms with Crippen LogP contribution in [0.4, 0.5) is 13.2 Å². The largest absolute Gasteiger partial charge is 0.573 e. The quantitative estimate of drug-likeness (QED) is 0.622. The van der Waals surface area contributed by atoms with Crippen molar-refractivity contribution in [3.63, 3.8) is 0 Å². The summed E-state index contributed by atoms with van der Waals surface area (Å²) in [5.41, 5.74) is 2.17. The molecule has 5 nitrogen and oxygen atoms in total. The van der Waals surface area contributed by atoms with Crippen LogP contribution in [0, 0.1) is 0 Å². The fraction of sp³-hybridized carbons (Fsp3) is 0.182. The first-order chi connectivity index (χ1) is 14.4. The molecule has 1 aromatic heterocycles. The van der Waals surface area contributed by atoms with E-state index in [-0.39, 0.29) is 17.4 Å². The molecule has 1 aliphatic heterocycles. The van der Waals surface area contributed by atoms with Crippen molar-refractivity contribution >= 4 is 5.91 Å². The molecule has 0 saturated carbocycles. The van der Waals surface area contributed by atoms with Crippen molar-refractivity contribution in [1.82, 2.24) is 9.88 Å². The highest BCUT2D eigenvalue weighted by atomic mass is 19.4. The van der Waals surface area contributed by atoms with Gasteiger partial charge in [0.25, 0.3) is 5.91 Å². The molecule has 0 spiro atoms.